The Morgan fingerprint density at radius 2 is 1.82 bits per heavy atom. The minimum Gasteiger partial charge on any atom is -0.480 e. The fourth-order valence-electron chi connectivity index (χ4n) is 2.97. The minimum atomic E-state index is -1.59. The number of rotatable bonds is 11. The fraction of sp³-hybridized carbons (Fsp3) is 0.500. The van der Waals surface area contributed by atoms with Crippen molar-refractivity contribution < 1.29 is 58.9 Å². The van der Waals surface area contributed by atoms with Gasteiger partial charge in [-0.2, -0.15) is 4.79 Å². The van der Waals surface area contributed by atoms with Crippen LogP contribution in [0.5, 0.6) is 5.75 Å². The van der Waals surface area contributed by atoms with Gasteiger partial charge in [0, 0.05) is 6.42 Å². The first-order valence-electron chi connectivity index (χ1n) is 10.1. The lowest BCUT2D eigenvalue weighted by atomic mass is 9.99. The molecule has 1 aliphatic heterocycles. The summed E-state index contributed by atoms with van der Waals surface area (Å²) in [6, 6.07) is 4.53. The van der Waals surface area contributed by atoms with Crippen LogP contribution in [0, 0.1) is 0 Å². The number of nitrogens with one attached hydrogen (secondary N) is 1. The second-order valence-corrected chi connectivity index (χ2v) is 7.32. The topological polar surface area (TPSA) is 228 Å². The van der Waals surface area contributed by atoms with Crippen molar-refractivity contribution in [2.45, 2.75) is 56.2 Å². The van der Waals surface area contributed by atoms with Gasteiger partial charge in [-0.3, -0.25) is 4.79 Å². The zero-order valence-electron chi connectivity index (χ0n) is 17.8. The molecule has 0 aliphatic carbocycles. The van der Waals surface area contributed by atoms with Crippen molar-refractivity contribution in [3.63, 3.8) is 0 Å². The lowest BCUT2D eigenvalue weighted by molar-refractivity contribution is -0.277. The van der Waals surface area contributed by atoms with Crippen LogP contribution in [0.3, 0.4) is 0 Å². The number of amides is 1. The number of ketones is 1. The van der Waals surface area contributed by atoms with E-state index < -0.39 is 61.2 Å². The van der Waals surface area contributed by atoms with E-state index in [1.54, 1.807) is 0 Å². The third-order valence-corrected chi connectivity index (χ3v) is 4.87. The van der Waals surface area contributed by atoms with E-state index in [0.717, 1.165) is 0 Å². The zero-order chi connectivity index (χ0) is 25.3. The van der Waals surface area contributed by atoms with Gasteiger partial charge in [0.15, 0.2) is 0 Å². The number of hydrogen-bond donors (Lipinski definition) is 6. The Balaban J connectivity index is 1.86. The van der Waals surface area contributed by atoms with E-state index in [4.69, 9.17) is 24.8 Å². The van der Waals surface area contributed by atoms with Crippen LogP contribution in [-0.4, -0.2) is 97.7 Å². The number of aliphatic hydroxyl groups excluding tert-OH is 4. The molecule has 1 fully saturated rings. The second-order valence-electron chi connectivity index (χ2n) is 7.32. The standard InChI is InChI=1S/C20H25N3O11/c21-22-7-11(25)3-6-13(18(29)30)23-20(31)32-9-10-1-4-12(5-2-10)33-19-17(28)16(27)15(26)14(8-24)34-19/h1-2,4-5,7,13-17,19,24,26-28H,3,6,8-9H2,(H,23,31)(H,29,30)/t13-,14+,15+,16-,17+,19+/m0/s1. The molecule has 1 aromatic carbocycles. The molecule has 0 saturated carbocycles. The molecule has 0 aromatic heterocycles. The van der Waals surface area contributed by atoms with Crippen molar-refractivity contribution in [3.8, 4) is 5.75 Å². The quantitative estimate of drug-likeness (QED) is 0.117. The zero-order valence-corrected chi connectivity index (χ0v) is 17.8. The van der Waals surface area contributed by atoms with Crippen LogP contribution in [0.1, 0.15) is 18.4 Å². The molecule has 1 aliphatic rings. The van der Waals surface area contributed by atoms with E-state index in [1.165, 1.54) is 24.3 Å². The molecule has 0 spiro atoms. The van der Waals surface area contributed by atoms with E-state index in [9.17, 15) is 34.8 Å². The van der Waals surface area contributed by atoms with Gasteiger partial charge in [0.2, 0.25) is 12.1 Å². The second kappa shape index (κ2) is 12.7. The van der Waals surface area contributed by atoms with Crippen molar-refractivity contribution in [1.82, 2.24) is 5.32 Å². The molecule has 186 valence electrons. The van der Waals surface area contributed by atoms with Gasteiger partial charge in [0.1, 0.15) is 42.8 Å². The number of alkyl carbamates (subject to hydrolysis) is 1. The maximum absolute atomic E-state index is 11.9. The molecule has 1 saturated heterocycles. The molecule has 6 atom stereocenters. The van der Waals surface area contributed by atoms with E-state index >= 15 is 0 Å². The van der Waals surface area contributed by atoms with E-state index in [1.807, 2.05) is 0 Å². The van der Waals surface area contributed by atoms with Crippen LogP contribution in [0.4, 0.5) is 4.79 Å². The Morgan fingerprint density at radius 1 is 1.15 bits per heavy atom. The molecule has 34 heavy (non-hydrogen) atoms. The first kappa shape index (κ1) is 26.9. The fourth-order valence-corrected chi connectivity index (χ4v) is 2.97. The number of aliphatic hydroxyl groups is 4. The Morgan fingerprint density at radius 3 is 2.41 bits per heavy atom. The van der Waals surface area contributed by atoms with Crippen molar-refractivity contribution in [3.05, 3.63) is 35.4 Å². The van der Waals surface area contributed by atoms with Gasteiger partial charge in [-0.05, 0) is 24.1 Å². The lowest BCUT2D eigenvalue weighted by Crippen LogP contribution is -2.60. The first-order valence-corrected chi connectivity index (χ1v) is 10.1. The molecule has 14 nitrogen and oxygen atoms in total. The highest BCUT2D eigenvalue weighted by Gasteiger charge is 2.44. The Kier molecular flexibility index (Phi) is 10.1. The van der Waals surface area contributed by atoms with E-state index in [0.29, 0.717) is 11.8 Å². The summed E-state index contributed by atoms with van der Waals surface area (Å²) < 4.78 is 15.7. The SMILES string of the molecule is [N-]=[N+]=CC(=O)CC[C@H](NC(=O)OCc1ccc(O[C@@H]2O[C@H](CO)[C@@H](O)[C@H](O)[C@H]2O)cc1)C(=O)O. The van der Waals surface area contributed by atoms with Crippen LogP contribution in [0.15, 0.2) is 24.3 Å². The lowest BCUT2D eigenvalue weighted by Gasteiger charge is -2.39. The molecule has 2 rings (SSSR count). The first-order chi connectivity index (χ1) is 16.2. The average molecular weight is 483 g/mol. The summed E-state index contributed by atoms with van der Waals surface area (Å²) in [5.41, 5.74) is 8.77. The third kappa shape index (κ3) is 7.59. The number of benzene rings is 1. The van der Waals surface area contributed by atoms with Crippen LogP contribution in [0.25, 0.3) is 5.53 Å². The Bertz CT molecular complexity index is 902. The van der Waals surface area contributed by atoms with Crippen molar-refractivity contribution in [1.29, 1.82) is 0 Å². The number of aliphatic carboxylic acids is 1. The summed E-state index contributed by atoms with van der Waals surface area (Å²) in [6.07, 6.45) is -8.05. The Hall–Kier alpha value is -3.39. The van der Waals surface area contributed by atoms with Gasteiger partial charge < -0.3 is 50.6 Å². The van der Waals surface area contributed by atoms with Crippen LogP contribution < -0.4 is 10.1 Å². The number of carbonyl (C=O) groups excluding carboxylic acids is 2. The molecule has 1 heterocycles. The molecule has 14 heteroatoms. The summed E-state index contributed by atoms with van der Waals surface area (Å²) in [6.45, 7) is -0.826. The Labute approximate surface area is 192 Å². The monoisotopic (exact) mass is 483 g/mol. The highest BCUT2D eigenvalue weighted by molar-refractivity contribution is 6.25. The number of Topliss-reactive ketones (excluding diaryl/α,β-unsaturated/α-hetero) is 1. The average Bonchev–Trinajstić information content (AvgIpc) is 2.81. The molecule has 6 N–H and O–H groups in total. The molecule has 1 aromatic rings. The van der Waals surface area contributed by atoms with Crippen LogP contribution in [-0.2, 0) is 25.7 Å². The van der Waals surface area contributed by atoms with Gasteiger partial charge in [-0.15, -0.1) is 0 Å². The summed E-state index contributed by atoms with van der Waals surface area (Å²) >= 11 is 0. The predicted octanol–water partition coefficient (Wildman–Crippen LogP) is -1.81. The van der Waals surface area contributed by atoms with Gasteiger partial charge in [-0.25, -0.2) is 9.59 Å². The highest BCUT2D eigenvalue weighted by Crippen LogP contribution is 2.24. The van der Waals surface area contributed by atoms with E-state index in [2.05, 4.69) is 10.1 Å². The number of ether oxygens (including phenoxy) is 3. The number of carbonyl (C=O) groups is 3. The van der Waals surface area contributed by atoms with Crippen molar-refractivity contribution in [2.24, 2.45) is 0 Å². The molecule has 1 amide bonds. The number of nitrogens with zero attached hydrogens (tertiary/aromatic N) is 2. The summed E-state index contributed by atoms with van der Waals surface area (Å²) in [4.78, 5) is 37.0. The molecule has 0 radical (unpaired) electrons. The van der Waals surface area contributed by atoms with E-state index in [-0.39, 0.29) is 25.2 Å². The maximum Gasteiger partial charge on any atom is 0.408 e. The van der Waals surface area contributed by atoms with Crippen LogP contribution in [0.2, 0.25) is 0 Å². The summed E-state index contributed by atoms with van der Waals surface area (Å²) in [7, 11) is 0. The molecular weight excluding hydrogens is 458 g/mol. The largest absolute Gasteiger partial charge is 0.480 e. The summed E-state index contributed by atoms with van der Waals surface area (Å²) in [5, 5.41) is 50.1. The molecular formula is C20H25N3O11. The number of hydrogen-bond acceptors (Lipinski definition) is 10. The molecule has 0 unspecified atom stereocenters. The maximum atomic E-state index is 11.9. The van der Waals surface area contributed by atoms with Gasteiger partial charge in [-0.1, -0.05) is 12.1 Å². The smallest absolute Gasteiger partial charge is 0.408 e. The predicted molar refractivity (Wildman–Crippen MR) is 110 cm³/mol. The van der Waals surface area contributed by atoms with Gasteiger partial charge in [0.25, 0.3) is 0 Å². The number of carboxylic acids is 1. The van der Waals surface area contributed by atoms with Crippen molar-refractivity contribution >= 4 is 24.1 Å². The highest BCUT2D eigenvalue weighted by atomic mass is 16.7. The van der Waals surface area contributed by atoms with Gasteiger partial charge >= 0.3 is 18.3 Å². The van der Waals surface area contributed by atoms with Crippen molar-refractivity contribution in [2.75, 3.05) is 6.61 Å². The van der Waals surface area contributed by atoms with Gasteiger partial charge in [0.05, 0.1) is 6.61 Å². The minimum absolute atomic E-state index is 0.208. The number of carboxylic acid groups (broad SMARTS) is 1. The normalized spacial score (nSPS) is 24.9. The summed E-state index contributed by atoms with van der Waals surface area (Å²) in [5.74, 6) is -1.78. The van der Waals surface area contributed by atoms with Crippen LogP contribution >= 0.6 is 0 Å². The third-order valence-electron chi connectivity index (χ3n) is 4.87. The molecule has 0 bridgehead atoms.